The molecule has 0 aromatic carbocycles. The van der Waals surface area contributed by atoms with Gasteiger partial charge in [-0.1, -0.05) is 13.0 Å². The molecule has 1 aliphatic carbocycles. The first-order chi connectivity index (χ1) is 6.33. The minimum atomic E-state index is 0.576. The van der Waals surface area contributed by atoms with Crippen LogP contribution in [0.25, 0.3) is 0 Å². The van der Waals surface area contributed by atoms with Crippen molar-refractivity contribution in [3.63, 3.8) is 0 Å². The minimum absolute atomic E-state index is 0.576. The van der Waals surface area contributed by atoms with Gasteiger partial charge in [0.2, 0.25) is 0 Å². The highest BCUT2D eigenvalue weighted by Gasteiger charge is 2.33. The van der Waals surface area contributed by atoms with Gasteiger partial charge >= 0.3 is 0 Å². The molecule has 2 rings (SSSR count). The summed E-state index contributed by atoms with van der Waals surface area (Å²) in [5, 5.41) is 5.60. The standard InChI is InChI=1S/C11H17NS/c1-8(9-5-6-9)11(12-2)10-4-3-7-13-10/h3-4,7-9,11-12H,5-6H2,1-2H3. The van der Waals surface area contributed by atoms with E-state index < -0.39 is 0 Å². The Morgan fingerprint density at radius 1 is 1.54 bits per heavy atom. The molecule has 1 heterocycles. The third-order valence-corrected chi connectivity index (χ3v) is 4.01. The average Bonchev–Trinajstić information content (AvgIpc) is 2.86. The van der Waals surface area contributed by atoms with E-state index in [0.717, 1.165) is 11.8 Å². The van der Waals surface area contributed by atoms with Crippen molar-refractivity contribution in [3.05, 3.63) is 22.4 Å². The third kappa shape index (κ3) is 1.94. The van der Waals surface area contributed by atoms with Crippen molar-refractivity contribution >= 4 is 11.3 Å². The topological polar surface area (TPSA) is 12.0 Å². The summed E-state index contributed by atoms with van der Waals surface area (Å²) in [5.74, 6) is 1.77. The van der Waals surface area contributed by atoms with E-state index in [1.165, 1.54) is 17.7 Å². The van der Waals surface area contributed by atoms with Crippen LogP contribution in [0, 0.1) is 11.8 Å². The second-order valence-corrected chi connectivity index (χ2v) is 4.96. The summed E-state index contributed by atoms with van der Waals surface area (Å²) >= 11 is 1.87. The summed E-state index contributed by atoms with van der Waals surface area (Å²) in [6.07, 6.45) is 2.87. The van der Waals surface area contributed by atoms with Crippen LogP contribution < -0.4 is 5.32 Å². The predicted octanol–water partition coefficient (Wildman–Crippen LogP) is 3.05. The van der Waals surface area contributed by atoms with Crippen molar-refractivity contribution in [1.82, 2.24) is 5.32 Å². The summed E-state index contributed by atoms with van der Waals surface area (Å²) in [6, 6.07) is 4.96. The van der Waals surface area contributed by atoms with Gasteiger partial charge in [0, 0.05) is 10.9 Å². The van der Waals surface area contributed by atoms with E-state index in [4.69, 9.17) is 0 Å². The third-order valence-electron chi connectivity index (χ3n) is 3.05. The first-order valence-electron chi connectivity index (χ1n) is 5.03. The molecule has 1 fully saturated rings. The highest BCUT2D eigenvalue weighted by atomic mass is 32.1. The van der Waals surface area contributed by atoms with Gasteiger partial charge < -0.3 is 5.32 Å². The van der Waals surface area contributed by atoms with Crippen molar-refractivity contribution in [2.24, 2.45) is 11.8 Å². The molecule has 1 aromatic rings. The lowest BCUT2D eigenvalue weighted by atomic mass is 9.95. The second-order valence-electron chi connectivity index (χ2n) is 3.98. The van der Waals surface area contributed by atoms with Crippen molar-refractivity contribution in [3.8, 4) is 0 Å². The van der Waals surface area contributed by atoms with E-state index in [1.54, 1.807) is 0 Å². The average molecular weight is 195 g/mol. The van der Waals surface area contributed by atoms with Crippen LogP contribution in [0.3, 0.4) is 0 Å². The van der Waals surface area contributed by atoms with Gasteiger partial charge in [0.05, 0.1) is 0 Å². The van der Waals surface area contributed by atoms with Crippen LogP contribution in [0.4, 0.5) is 0 Å². The molecule has 2 atom stereocenters. The normalized spacial score (nSPS) is 21.4. The van der Waals surface area contributed by atoms with Crippen molar-refractivity contribution in [2.75, 3.05) is 7.05 Å². The molecule has 1 saturated carbocycles. The molecule has 0 radical (unpaired) electrons. The highest BCUT2D eigenvalue weighted by molar-refractivity contribution is 7.10. The summed E-state index contributed by atoms with van der Waals surface area (Å²) in [7, 11) is 2.07. The summed E-state index contributed by atoms with van der Waals surface area (Å²) < 4.78 is 0. The number of hydrogen-bond donors (Lipinski definition) is 1. The lowest BCUT2D eigenvalue weighted by molar-refractivity contribution is 0.374. The minimum Gasteiger partial charge on any atom is -0.312 e. The monoisotopic (exact) mass is 195 g/mol. The molecule has 1 aliphatic rings. The summed E-state index contributed by atoms with van der Waals surface area (Å²) in [5.41, 5.74) is 0. The van der Waals surface area contributed by atoms with Gasteiger partial charge in [-0.2, -0.15) is 0 Å². The molecular formula is C11H17NS. The van der Waals surface area contributed by atoms with Gasteiger partial charge in [-0.05, 0) is 43.2 Å². The zero-order valence-electron chi connectivity index (χ0n) is 8.29. The Morgan fingerprint density at radius 2 is 2.31 bits per heavy atom. The maximum absolute atomic E-state index is 3.44. The number of nitrogens with one attached hydrogen (secondary N) is 1. The van der Waals surface area contributed by atoms with Crippen LogP contribution in [-0.4, -0.2) is 7.05 Å². The maximum atomic E-state index is 3.44. The maximum Gasteiger partial charge on any atom is 0.0440 e. The van der Waals surface area contributed by atoms with Crippen LogP contribution in [-0.2, 0) is 0 Å². The molecule has 1 N–H and O–H groups in total. The Morgan fingerprint density at radius 3 is 2.77 bits per heavy atom. The van der Waals surface area contributed by atoms with Gasteiger partial charge in [-0.25, -0.2) is 0 Å². The van der Waals surface area contributed by atoms with Gasteiger partial charge in [-0.3, -0.25) is 0 Å². The highest BCUT2D eigenvalue weighted by Crippen LogP contribution is 2.43. The van der Waals surface area contributed by atoms with Gasteiger partial charge in [0.1, 0.15) is 0 Å². The Labute approximate surface area is 84.2 Å². The lowest BCUT2D eigenvalue weighted by Crippen LogP contribution is -2.23. The van der Waals surface area contributed by atoms with E-state index >= 15 is 0 Å². The molecular weight excluding hydrogens is 178 g/mol. The van der Waals surface area contributed by atoms with Crippen molar-refractivity contribution in [1.29, 1.82) is 0 Å². The van der Waals surface area contributed by atoms with E-state index in [1.807, 2.05) is 11.3 Å². The summed E-state index contributed by atoms with van der Waals surface area (Å²) in [6.45, 7) is 2.37. The first-order valence-corrected chi connectivity index (χ1v) is 5.91. The number of rotatable bonds is 4. The zero-order valence-corrected chi connectivity index (χ0v) is 9.10. The van der Waals surface area contributed by atoms with Crippen LogP contribution in [0.1, 0.15) is 30.7 Å². The van der Waals surface area contributed by atoms with Crippen molar-refractivity contribution in [2.45, 2.75) is 25.8 Å². The number of thiophene rings is 1. The van der Waals surface area contributed by atoms with Gasteiger partial charge in [-0.15, -0.1) is 11.3 Å². The van der Waals surface area contributed by atoms with E-state index in [-0.39, 0.29) is 0 Å². The van der Waals surface area contributed by atoms with E-state index in [0.29, 0.717) is 6.04 Å². The molecule has 0 spiro atoms. The van der Waals surface area contributed by atoms with Gasteiger partial charge in [0.15, 0.2) is 0 Å². The smallest absolute Gasteiger partial charge is 0.0440 e. The van der Waals surface area contributed by atoms with Crippen LogP contribution >= 0.6 is 11.3 Å². The van der Waals surface area contributed by atoms with Gasteiger partial charge in [0.25, 0.3) is 0 Å². The Balaban J connectivity index is 2.08. The Hall–Kier alpha value is -0.340. The first kappa shape index (κ1) is 9.22. The molecule has 0 amide bonds. The molecule has 13 heavy (non-hydrogen) atoms. The summed E-state index contributed by atoms with van der Waals surface area (Å²) in [4.78, 5) is 1.49. The molecule has 0 aliphatic heterocycles. The Kier molecular flexibility index (Phi) is 2.70. The SMILES string of the molecule is CNC(c1cccs1)C(C)C1CC1. The van der Waals surface area contributed by atoms with E-state index in [2.05, 4.69) is 36.8 Å². The molecule has 0 bridgehead atoms. The number of hydrogen-bond acceptors (Lipinski definition) is 2. The Bertz CT molecular complexity index is 251. The van der Waals surface area contributed by atoms with Crippen molar-refractivity contribution < 1.29 is 0 Å². The second kappa shape index (κ2) is 3.81. The zero-order chi connectivity index (χ0) is 9.26. The fourth-order valence-electron chi connectivity index (χ4n) is 2.03. The van der Waals surface area contributed by atoms with Crippen LogP contribution in [0.15, 0.2) is 17.5 Å². The molecule has 1 nitrogen and oxygen atoms in total. The quantitative estimate of drug-likeness (QED) is 0.778. The fourth-order valence-corrected chi connectivity index (χ4v) is 2.98. The largest absolute Gasteiger partial charge is 0.312 e. The molecule has 0 saturated heterocycles. The molecule has 2 heteroatoms. The molecule has 2 unspecified atom stereocenters. The molecule has 1 aromatic heterocycles. The van der Waals surface area contributed by atoms with Crippen LogP contribution in [0.5, 0.6) is 0 Å². The fraction of sp³-hybridized carbons (Fsp3) is 0.636. The van der Waals surface area contributed by atoms with Crippen LogP contribution in [0.2, 0.25) is 0 Å². The predicted molar refractivity (Wildman–Crippen MR) is 58.0 cm³/mol. The lowest BCUT2D eigenvalue weighted by Gasteiger charge is -2.22. The molecule has 72 valence electrons. The van der Waals surface area contributed by atoms with E-state index in [9.17, 15) is 0 Å².